The van der Waals surface area contributed by atoms with Crippen molar-refractivity contribution in [1.82, 2.24) is 19.6 Å². The minimum atomic E-state index is 0.00468. The van der Waals surface area contributed by atoms with E-state index in [-0.39, 0.29) is 5.56 Å². The summed E-state index contributed by atoms with van der Waals surface area (Å²) >= 11 is 6.02. The van der Waals surface area contributed by atoms with Crippen LogP contribution in [0.5, 0.6) is 0 Å². The lowest BCUT2D eigenvalue weighted by molar-refractivity contribution is 0.151. The fourth-order valence-electron chi connectivity index (χ4n) is 4.05. The zero-order chi connectivity index (χ0) is 20.9. The Morgan fingerprint density at radius 3 is 2.30 bits per heavy atom. The van der Waals surface area contributed by atoms with Gasteiger partial charge in [0.05, 0.1) is 11.1 Å². The fraction of sp³-hybridized carbons (Fsp3) is 0.417. The molecule has 2 heterocycles. The van der Waals surface area contributed by atoms with Crippen molar-refractivity contribution < 1.29 is 0 Å². The standard InChI is InChI=1S/C24H29ClN4O/c1-27-14-16-28(17-15-27)12-4-5-13-29-24(30)22-7-3-2-6-21(22)23(26-29)18-19-8-10-20(25)11-9-19/h2-3,6-11H,4-5,12-18H2,1H3. The van der Waals surface area contributed by atoms with Crippen LogP contribution in [0.3, 0.4) is 0 Å². The number of piperazine rings is 1. The van der Waals surface area contributed by atoms with Crippen molar-refractivity contribution >= 4 is 22.4 Å². The largest absolute Gasteiger partial charge is 0.304 e. The van der Waals surface area contributed by atoms with Gasteiger partial charge in [-0.3, -0.25) is 4.79 Å². The molecule has 30 heavy (non-hydrogen) atoms. The number of aryl methyl sites for hydroxylation is 1. The molecule has 0 aliphatic carbocycles. The van der Waals surface area contributed by atoms with E-state index < -0.39 is 0 Å². The van der Waals surface area contributed by atoms with Crippen LogP contribution in [-0.4, -0.2) is 59.4 Å². The van der Waals surface area contributed by atoms with E-state index in [9.17, 15) is 4.79 Å². The van der Waals surface area contributed by atoms with E-state index in [1.54, 1.807) is 4.68 Å². The minimum absolute atomic E-state index is 0.00468. The first kappa shape index (κ1) is 21.0. The molecular formula is C24H29ClN4O. The molecule has 0 radical (unpaired) electrons. The number of hydrogen-bond donors (Lipinski definition) is 0. The molecular weight excluding hydrogens is 396 g/mol. The smallest absolute Gasteiger partial charge is 0.274 e. The molecule has 0 spiro atoms. The number of likely N-dealkylation sites (N-methyl/N-ethyl adjacent to an activating group) is 1. The summed E-state index contributed by atoms with van der Waals surface area (Å²) in [7, 11) is 2.18. The van der Waals surface area contributed by atoms with Crippen LogP contribution in [0.25, 0.3) is 10.8 Å². The fourth-order valence-corrected chi connectivity index (χ4v) is 4.18. The number of rotatable bonds is 7. The van der Waals surface area contributed by atoms with Crippen LogP contribution in [-0.2, 0) is 13.0 Å². The zero-order valence-electron chi connectivity index (χ0n) is 17.6. The third kappa shape index (κ3) is 5.09. The van der Waals surface area contributed by atoms with E-state index in [0.717, 1.165) is 72.6 Å². The third-order valence-corrected chi connectivity index (χ3v) is 6.17. The van der Waals surface area contributed by atoms with Gasteiger partial charge in [0.25, 0.3) is 5.56 Å². The second kappa shape index (κ2) is 9.73. The molecule has 158 valence electrons. The molecule has 1 fully saturated rings. The van der Waals surface area contributed by atoms with Crippen LogP contribution >= 0.6 is 11.6 Å². The molecule has 0 atom stereocenters. The topological polar surface area (TPSA) is 41.4 Å². The van der Waals surface area contributed by atoms with Crippen LogP contribution in [0, 0.1) is 0 Å². The van der Waals surface area contributed by atoms with E-state index in [2.05, 4.69) is 16.8 Å². The third-order valence-electron chi connectivity index (χ3n) is 5.92. The van der Waals surface area contributed by atoms with Gasteiger partial charge in [-0.05, 0) is 50.2 Å². The van der Waals surface area contributed by atoms with Gasteiger partial charge in [-0.25, -0.2) is 4.68 Å². The minimum Gasteiger partial charge on any atom is -0.304 e. The molecule has 0 N–H and O–H groups in total. The summed E-state index contributed by atoms with van der Waals surface area (Å²) in [6, 6.07) is 15.6. The Hall–Kier alpha value is -2.21. The van der Waals surface area contributed by atoms with Crippen molar-refractivity contribution in [3.8, 4) is 0 Å². The Bertz CT molecular complexity index is 1040. The summed E-state index contributed by atoms with van der Waals surface area (Å²) < 4.78 is 1.66. The summed E-state index contributed by atoms with van der Waals surface area (Å²) in [5.74, 6) is 0. The van der Waals surface area contributed by atoms with Crippen molar-refractivity contribution in [3.05, 3.63) is 75.2 Å². The predicted molar refractivity (Wildman–Crippen MR) is 123 cm³/mol. The molecule has 2 aromatic carbocycles. The normalized spacial score (nSPS) is 15.7. The van der Waals surface area contributed by atoms with Gasteiger partial charge in [0, 0.05) is 49.6 Å². The van der Waals surface area contributed by atoms with Crippen LogP contribution < -0.4 is 5.56 Å². The molecule has 1 saturated heterocycles. The first-order valence-electron chi connectivity index (χ1n) is 10.7. The number of aromatic nitrogens is 2. The molecule has 1 aliphatic heterocycles. The molecule has 1 aliphatic rings. The molecule has 4 rings (SSSR count). The molecule has 0 unspecified atom stereocenters. The predicted octanol–water partition coefficient (Wildman–Crippen LogP) is 3.67. The highest BCUT2D eigenvalue weighted by atomic mass is 35.5. The summed E-state index contributed by atoms with van der Waals surface area (Å²) in [6.45, 7) is 6.30. The number of hydrogen-bond acceptors (Lipinski definition) is 4. The van der Waals surface area contributed by atoms with Crippen LogP contribution in [0.15, 0.2) is 53.3 Å². The number of benzene rings is 2. The summed E-state index contributed by atoms with van der Waals surface area (Å²) in [5, 5.41) is 7.17. The SMILES string of the molecule is CN1CCN(CCCCn2nc(Cc3ccc(Cl)cc3)c3ccccc3c2=O)CC1. The van der Waals surface area contributed by atoms with E-state index in [4.69, 9.17) is 16.7 Å². The van der Waals surface area contributed by atoms with Gasteiger partial charge in [0.1, 0.15) is 0 Å². The maximum absolute atomic E-state index is 13.0. The first-order chi connectivity index (χ1) is 14.6. The average molecular weight is 425 g/mol. The van der Waals surface area contributed by atoms with E-state index in [1.807, 2.05) is 48.5 Å². The number of fused-ring (bicyclic) bond motifs is 1. The molecule has 0 amide bonds. The van der Waals surface area contributed by atoms with E-state index in [1.165, 1.54) is 0 Å². The molecule has 0 saturated carbocycles. The van der Waals surface area contributed by atoms with Crippen molar-refractivity contribution in [1.29, 1.82) is 0 Å². The zero-order valence-corrected chi connectivity index (χ0v) is 18.3. The molecule has 1 aromatic heterocycles. The Labute approximate surface area is 182 Å². The first-order valence-corrected chi connectivity index (χ1v) is 11.1. The highest BCUT2D eigenvalue weighted by Gasteiger charge is 2.14. The molecule has 3 aromatic rings. The summed E-state index contributed by atoms with van der Waals surface area (Å²) in [5.41, 5.74) is 2.08. The maximum atomic E-state index is 13.0. The number of nitrogens with zero attached hydrogens (tertiary/aromatic N) is 4. The molecule has 6 heteroatoms. The van der Waals surface area contributed by atoms with Crippen LogP contribution in [0.4, 0.5) is 0 Å². The monoisotopic (exact) mass is 424 g/mol. The summed E-state index contributed by atoms with van der Waals surface area (Å²) in [4.78, 5) is 17.9. The van der Waals surface area contributed by atoms with Crippen molar-refractivity contribution in [2.45, 2.75) is 25.8 Å². The van der Waals surface area contributed by atoms with Crippen LogP contribution in [0.1, 0.15) is 24.1 Å². The number of halogens is 1. The Kier molecular flexibility index (Phi) is 6.82. The van der Waals surface area contributed by atoms with Crippen molar-refractivity contribution in [2.75, 3.05) is 39.8 Å². The average Bonchev–Trinajstić information content (AvgIpc) is 2.77. The lowest BCUT2D eigenvalue weighted by atomic mass is 10.0. The van der Waals surface area contributed by atoms with Crippen molar-refractivity contribution in [3.63, 3.8) is 0 Å². The molecule has 5 nitrogen and oxygen atoms in total. The lowest BCUT2D eigenvalue weighted by Crippen LogP contribution is -2.44. The second-order valence-corrected chi connectivity index (χ2v) is 8.61. The summed E-state index contributed by atoms with van der Waals surface area (Å²) in [6.07, 6.45) is 2.72. The van der Waals surface area contributed by atoms with Gasteiger partial charge in [-0.1, -0.05) is 41.9 Å². The van der Waals surface area contributed by atoms with Crippen LogP contribution in [0.2, 0.25) is 5.02 Å². The lowest BCUT2D eigenvalue weighted by Gasteiger charge is -2.32. The maximum Gasteiger partial charge on any atom is 0.274 e. The quantitative estimate of drug-likeness (QED) is 0.543. The highest BCUT2D eigenvalue weighted by molar-refractivity contribution is 6.30. The van der Waals surface area contributed by atoms with Gasteiger partial charge in [-0.2, -0.15) is 5.10 Å². The van der Waals surface area contributed by atoms with Gasteiger partial charge >= 0.3 is 0 Å². The van der Waals surface area contributed by atoms with Crippen molar-refractivity contribution in [2.24, 2.45) is 0 Å². The van der Waals surface area contributed by atoms with Gasteiger partial charge in [0.15, 0.2) is 0 Å². The Morgan fingerprint density at radius 1 is 0.900 bits per heavy atom. The highest BCUT2D eigenvalue weighted by Crippen LogP contribution is 2.18. The van der Waals surface area contributed by atoms with Gasteiger partial charge in [0.2, 0.25) is 0 Å². The van der Waals surface area contributed by atoms with E-state index >= 15 is 0 Å². The molecule has 0 bridgehead atoms. The van der Waals surface area contributed by atoms with Gasteiger partial charge < -0.3 is 9.80 Å². The Balaban J connectivity index is 1.48. The number of unbranched alkanes of at least 4 members (excludes halogenated alkanes) is 1. The Morgan fingerprint density at radius 2 is 1.57 bits per heavy atom. The van der Waals surface area contributed by atoms with E-state index in [0.29, 0.717) is 13.0 Å². The second-order valence-electron chi connectivity index (χ2n) is 8.18. The van der Waals surface area contributed by atoms with Gasteiger partial charge in [-0.15, -0.1) is 0 Å².